The van der Waals surface area contributed by atoms with Crippen molar-refractivity contribution in [2.45, 2.75) is 12.8 Å². The second kappa shape index (κ2) is 5.05. The van der Waals surface area contributed by atoms with Gasteiger partial charge in [0, 0.05) is 17.5 Å². The van der Waals surface area contributed by atoms with Crippen LogP contribution in [0.25, 0.3) is 5.69 Å². The number of benzene rings is 1. The summed E-state index contributed by atoms with van der Waals surface area (Å²) >= 11 is 0. The largest absolute Gasteiger partial charge is 0.396 e. The average molecular weight is 272 g/mol. The summed E-state index contributed by atoms with van der Waals surface area (Å²) in [6.45, 7) is 0.655. The number of nitrogens with one attached hydrogen (secondary N) is 1. The smallest absolute Gasteiger partial charge is 0.251 e. The summed E-state index contributed by atoms with van der Waals surface area (Å²) < 4.78 is 1.60. The van der Waals surface area contributed by atoms with E-state index in [9.17, 15) is 9.90 Å². The number of nitrogens with zero attached hydrogens (tertiary/aromatic N) is 3. The molecule has 2 aromatic rings. The molecule has 0 atom stereocenters. The SMILES string of the molecule is O=C(NCC1(CO)CC1)c1cccc(-n2ccnn2)c1. The third kappa shape index (κ3) is 2.55. The molecule has 1 saturated carbocycles. The number of amides is 1. The molecule has 6 heteroatoms. The molecule has 0 radical (unpaired) electrons. The molecule has 1 fully saturated rings. The van der Waals surface area contributed by atoms with Crippen LogP contribution in [-0.4, -0.2) is 39.2 Å². The van der Waals surface area contributed by atoms with Gasteiger partial charge in [-0.1, -0.05) is 11.3 Å². The molecule has 0 aliphatic heterocycles. The van der Waals surface area contributed by atoms with Gasteiger partial charge >= 0.3 is 0 Å². The fourth-order valence-corrected chi connectivity index (χ4v) is 2.07. The quantitative estimate of drug-likeness (QED) is 0.842. The third-order valence-electron chi connectivity index (χ3n) is 3.71. The van der Waals surface area contributed by atoms with Gasteiger partial charge in [0.2, 0.25) is 0 Å². The van der Waals surface area contributed by atoms with E-state index >= 15 is 0 Å². The number of rotatable bonds is 5. The van der Waals surface area contributed by atoms with Gasteiger partial charge in [0.15, 0.2) is 0 Å². The maximum Gasteiger partial charge on any atom is 0.251 e. The fraction of sp³-hybridized carbons (Fsp3) is 0.357. The Balaban J connectivity index is 1.70. The molecule has 0 unspecified atom stereocenters. The molecular formula is C14H16N4O2. The van der Waals surface area contributed by atoms with Crippen LogP contribution >= 0.6 is 0 Å². The molecule has 1 aromatic heterocycles. The van der Waals surface area contributed by atoms with Crippen molar-refractivity contribution >= 4 is 5.91 Å². The molecule has 1 aromatic carbocycles. The van der Waals surface area contributed by atoms with Gasteiger partial charge in [-0.3, -0.25) is 4.79 Å². The second-order valence-corrected chi connectivity index (χ2v) is 5.24. The predicted molar refractivity (Wildman–Crippen MR) is 72.4 cm³/mol. The van der Waals surface area contributed by atoms with Crippen molar-refractivity contribution in [1.29, 1.82) is 0 Å². The van der Waals surface area contributed by atoms with E-state index in [1.165, 1.54) is 0 Å². The van der Waals surface area contributed by atoms with Crippen molar-refractivity contribution in [2.24, 2.45) is 5.41 Å². The predicted octanol–water partition coefficient (Wildman–Crippen LogP) is 0.770. The number of carbonyl (C=O) groups is 1. The Labute approximate surface area is 116 Å². The lowest BCUT2D eigenvalue weighted by Gasteiger charge is -2.13. The summed E-state index contributed by atoms with van der Waals surface area (Å²) in [6, 6.07) is 7.20. The normalized spacial score (nSPS) is 15.8. The van der Waals surface area contributed by atoms with Gasteiger partial charge in [0.25, 0.3) is 5.91 Å². The molecule has 104 valence electrons. The van der Waals surface area contributed by atoms with E-state index in [-0.39, 0.29) is 17.9 Å². The van der Waals surface area contributed by atoms with Crippen LogP contribution in [0.4, 0.5) is 0 Å². The topological polar surface area (TPSA) is 80.0 Å². The van der Waals surface area contributed by atoms with Gasteiger partial charge in [0.1, 0.15) is 0 Å². The Morgan fingerprint density at radius 1 is 1.45 bits per heavy atom. The highest BCUT2D eigenvalue weighted by Gasteiger charge is 2.42. The number of hydrogen-bond acceptors (Lipinski definition) is 4. The Bertz CT molecular complexity index is 605. The Morgan fingerprint density at radius 3 is 2.95 bits per heavy atom. The number of hydrogen-bond donors (Lipinski definition) is 2. The average Bonchev–Trinajstić information content (AvgIpc) is 3.07. The molecule has 0 spiro atoms. The standard InChI is InChI=1S/C14H16N4O2/c19-10-14(4-5-14)9-15-13(20)11-2-1-3-12(8-11)18-7-6-16-17-18/h1-3,6-8,19H,4-5,9-10H2,(H,15,20). The van der Waals surface area contributed by atoms with Gasteiger partial charge in [0.05, 0.1) is 24.7 Å². The number of aliphatic hydroxyl groups excluding tert-OH is 1. The third-order valence-corrected chi connectivity index (χ3v) is 3.71. The van der Waals surface area contributed by atoms with Crippen molar-refractivity contribution in [2.75, 3.05) is 13.2 Å². The van der Waals surface area contributed by atoms with Gasteiger partial charge < -0.3 is 10.4 Å². The van der Waals surface area contributed by atoms with E-state index in [4.69, 9.17) is 0 Å². The van der Waals surface area contributed by atoms with Gasteiger partial charge in [-0.25, -0.2) is 4.68 Å². The molecule has 0 bridgehead atoms. The Morgan fingerprint density at radius 2 is 2.30 bits per heavy atom. The van der Waals surface area contributed by atoms with Gasteiger partial charge in [-0.15, -0.1) is 5.10 Å². The minimum absolute atomic E-state index is 0.0842. The van der Waals surface area contributed by atoms with E-state index in [0.717, 1.165) is 18.5 Å². The summed E-state index contributed by atoms with van der Waals surface area (Å²) in [4.78, 5) is 12.1. The maximum atomic E-state index is 12.1. The second-order valence-electron chi connectivity index (χ2n) is 5.24. The lowest BCUT2D eigenvalue weighted by molar-refractivity contribution is 0.0935. The van der Waals surface area contributed by atoms with Crippen LogP contribution in [0, 0.1) is 5.41 Å². The molecular weight excluding hydrogens is 256 g/mol. The molecule has 1 aliphatic carbocycles. The minimum atomic E-state index is -0.133. The van der Waals surface area contributed by atoms with E-state index in [1.807, 2.05) is 12.1 Å². The first-order chi connectivity index (χ1) is 9.72. The summed E-state index contributed by atoms with van der Waals surface area (Å²) in [6.07, 6.45) is 5.26. The molecule has 20 heavy (non-hydrogen) atoms. The van der Waals surface area contributed by atoms with Crippen molar-refractivity contribution in [3.8, 4) is 5.69 Å². The summed E-state index contributed by atoms with van der Waals surface area (Å²) in [5.41, 5.74) is 1.28. The molecule has 6 nitrogen and oxygen atoms in total. The molecule has 3 rings (SSSR count). The first kappa shape index (κ1) is 12.8. The van der Waals surface area contributed by atoms with E-state index in [1.54, 1.807) is 29.2 Å². The highest BCUT2D eigenvalue weighted by atomic mass is 16.3. The fourth-order valence-electron chi connectivity index (χ4n) is 2.07. The van der Waals surface area contributed by atoms with Crippen LogP contribution in [0.2, 0.25) is 0 Å². The zero-order valence-corrected chi connectivity index (χ0v) is 11.0. The van der Waals surface area contributed by atoms with Gasteiger partial charge in [-0.05, 0) is 31.0 Å². The summed E-state index contributed by atoms with van der Waals surface area (Å²) in [7, 11) is 0. The Kier molecular flexibility index (Phi) is 3.23. The van der Waals surface area contributed by atoms with Crippen LogP contribution in [0.1, 0.15) is 23.2 Å². The summed E-state index contributed by atoms with van der Waals surface area (Å²) in [5.74, 6) is -0.133. The van der Waals surface area contributed by atoms with E-state index < -0.39 is 0 Å². The number of aliphatic hydroxyl groups is 1. The lowest BCUT2D eigenvalue weighted by atomic mass is 10.1. The zero-order chi connectivity index (χ0) is 14.0. The van der Waals surface area contributed by atoms with Crippen LogP contribution in [0.5, 0.6) is 0 Å². The molecule has 0 saturated heterocycles. The van der Waals surface area contributed by atoms with Crippen LogP contribution in [0.15, 0.2) is 36.7 Å². The molecule has 1 aliphatic rings. The highest BCUT2D eigenvalue weighted by Crippen LogP contribution is 2.44. The van der Waals surface area contributed by atoms with Crippen molar-refractivity contribution in [3.63, 3.8) is 0 Å². The van der Waals surface area contributed by atoms with Gasteiger partial charge in [-0.2, -0.15) is 0 Å². The zero-order valence-electron chi connectivity index (χ0n) is 11.0. The van der Waals surface area contributed by atoms with Crippen LogP contribution < -0.4 is 5.32 Å². The van der Waals surface area contributed by atoms with Crippen molar-refractivity contribution in [1.82, 2.24) is 20.3 Å². The van der Waals surface area contributed by atoms with Crippen LogP contribution in [-0.2, 0) is 0 Å². The van der Waals surface area contributed by atoms with E-state index in [0.29, 0.717) is 12.1 Å². The first-order valence-electron chi connectivity index (χ1n) is 6.58. The lowest BCUT2D eigenvalue weighted by Crippen LogP contribution is -2.31. The highest BCUT2D eigenvalue weighted by molar-refractivity contribution is 5.94. The molecule has 2 N–H and O–H groups in total. The summed E-state index contributed by atoms with van der Waals surface area (Å²) in [5, 5.41) is 19.8. The van der Waals surface area contributed by atoms with E-state index in [2.05, 4.69) is 15.6 Å². The minimum Gasteiger partial charge on any atom is -0.396 e. The van der Waals surface area contributed by atoms with Crippen LogP contribution in [0.3, 0.4) is 0 Å². The monoisotopic (exact) mass is 272 g/mol. The molecule has 1 heterocycles. The number of carbonyl (C=O) groups excluding carboxylic acids is 1. The van der Waals surface area contributed by atoms with Crippen molar-refractivity contribution in [3.05, 3.63) is 42.2 Å². The first-order valence-corrected chi connectivity index (χ1v) is 6.58. The van der Waals surface area contributed by atoms with Crippen molar-refractivity contribution < 1.29 is 9.90 Å². The number of aromatic nitrogens is 3. The molecule has 1 amide bonds. The maximum absolute atomic E-state index is 12.1. The Hall–Kier alpha value is -2.21.